The molecule has 0 aromatic rings. The summed E-state index contributed by atoms with van der Waals surface area (Å²) in [7, 11) is 1.42. The Balaban J connectivity index is 3.19. The van der Waals surface area contributed by atoms with Crippen LogP contribution in [0.1, 0.15) is 58.3 Å². The topological polar surface area (TPSA) is 43.4 Å². The lowest BCUT2D eigenvalue weighted by Gasteiger charge is -2.01. The van der Waals surface area contributed by atoms with Gasteiger partial charge in [-0.1, -0.05) is 31.8 Å². The molecule has 0 N–H and O–H groups in total. The van der Waals surface area contributed by atoms with E-state index in [0.29, 0.717) is 12.8 Å². The summed E-state index contributed by atoms with van der Waals surface area (Å²) in [4.78, 5) is 22.0. The number of carbonyl (C=O) groups is 2. The molecule has 0 aromatic heterocycles. The fraction of sp³-hybridized carbons (Fsp3) is 0.714. The summed E-state index contributed by atoms with van der Waals surface area (Å²) in [6.45, 7) is 1.86. The fourth-order valence-electron chi connectivity index (χ4n) is 1.65. The number of ketones is 1. The minimum absolute atomic E-state index is 0.123. The molecule has 0 atom stereocenters. The summed E-state index contributed by atoms with van der Waals surface area (Å²) in [5, 5.41) is 0. The van der Waals surface area contributed by atoms with Gasteiger partial charge in [-0.2, -0.15) is 0 Å². The number of ether oxygens (including phenoxy) is 1. The highest BCUT2D eigenvalue weighted by molar-refractivity contribution is 5.89. The number of hydrogen-bond donors (Lipinski definition) is 0. The number of esters is 1. The monoisotopic (exact) mass is 240 g/mol. The molecule has 0 aliphatic rings. The first kappa shape index (κ1) is 15.9. The summed E-state index contributed by atoms with van der Waals surface area (Å²) in [5.74, 6) is 0.0974. The SMILES string of the molecule is C/C=C/C(=O)CCCCCCCCC(=O)OC. The average molecular weight is 240 g/mol. The Morgan fingerprint density at radius 3 is 2.00 bits per heavy atom. The quantitative estimate of drug-likeness (QED) is 0.334. The van der Waals surface area contributed by atoms with Crippen molar-refractivity contribution >= 4 is 11.8 Å². The van der Waals surface area contributed by atoms with Gasteiger partial charge in [-0.15, -0.1) is 0 Å². The van der Waals surface area contributed by atoms with Crippen LogP contribution in [0.5, 0.6) is 0 Å². The molecular weight excluding hydrogens is 216 g/mol. The normalized spacial score (nSPS) is 10.7. The van der Waals surface area contributed by atoms with Gasteiger partial charge in [0.15, 0.2) is 5.78 Å². The van der Waals surface area contributed by atoms with Crippen molar-refractivity contribution in [3.63, 3.8) is 0 Å². The molecule has 0 bridgehead atoms. The third-order valence-electron chi connectivity index (χ3n) is 2.63. The van der Waals surface area contributed by atoms with Gasteiger partial charge >= 0.3 is 5.97 Å². The van der Waals surface area contributed by atoms with Crippen LogP contribution >= 0.6 is 0 Å². The van der Waals surface area contributed by atoms with E-state index in [1.54, 1.807) is 12.2 Å². The zero-order chi connectivity index (χ0) is 12.9. The minimum Gasteiger partial charge on any atom is -0.469 e. The Kier molecular flexibility index (Phi) is 10.6. The zero-order valence-electron chi connectivity index (χ0n) is 11.0. The first-order valence-electron chi connectivity index (χ1n) is 6.43. The maximum atomic E-state index is 11.1. The number of carbonyl (C=O) groups excluding carboxylic acids is 2. The molecule has 0 aliphatic carbocycles. The third kappa shape index (κ3) is 11.1. The van der Waals surface area contributed by atoms with Crippen LogP contribution in [0.4, 0.5) is 0 Å². The van der Waals surface area contributed by atoms with Crippen molar-refractivity contribution in [3.8, 4) is 0 Å². The van der Waals surface area contributed by atoms with E-state index in [1.165, 1.54) is 7.11 Å². The van der Waals surface area contributed by atoms with Crippen LogP contribution in [0.3, 0.4) is 0 Å². The largest absolute Gasteiger partial charge is 0.469 e. The number of unbranched alkanes of at least 4 members (excludes halogenated alkanes) is 5. The lowest BCUT2D eigenvalue weighted by molar-refractivity contribution is -0.140. The van der Waals surface area contributed by atoms with Crippen LogP contribution in [0, 0.1) is 0 Å². The molecule has 0 saturated heterocycles. The molecule has 0 heterocycles. The predicted molar refractivity (Wildman–Crippen MR) is 68.8 cm³/mol. The van der Waals surface area contributed by atoms with Gasteiger partial charge in [0.1, 0.15) is 0 Å². The van der Waals surface area contributed by atoms with Crippen LogP contribution in [0.15, 0.2) is 12.2 Å². The number of allylic oxidation sites excluding steroid dienone is 2. The Bertz CT molecular complexity index is 244. The summed E-state index contributed by atoms with van der Waals surface area (Å²) in [6.07, 6.45) is 10.9. The zero-order valence-corrected chi connectivity index (χ0v) is 11.0. The van der Waals surface area contributed by atoms with E-state index in [0.717, 1.165) is 38.5 Å². The molecule has 0 amide bonds. The highest BCUT2D eigenvalue weighted by Gasteiger charge is 1.99. The molecule has 0 spiro atoms. The van der Waals surface area contributed by atoms with E-state index < -0.39 is 0 Å². The van der Waals surface area contributed by atoms with Gasteiger partial charge in [0.25, 0.3) is 0 Å². The highest BCUT2D eigenvalue weighted by atomic mass is 16.5. The van der Waals surface area contributed by atoms with Gasteiger partial charge in [-0.05, 0) is 25.8 Å². The maximum absolute atomic E-state index is 11.1. The molecule has 3 heteroatoms. The molecular formula is C14H24O3. The third-order valence-corrected chi connectivity index (χ3v) is 2.63. The minimum atomic E-state index is -0.123. The molecule has 0 saturated carbocycles. The molecule has 0 unspecified atom stereocenters. The van der Waals surface area contributed by atoms with E-state index in [-0.39, 0.29) is 11.8 Å². The average Bonchev–Trinajstić information content (AvgIpc) is 2.32. The smallest absolute Gasteiger partial charge is 0.305 e. The van der Waals surface area contributed by atoms with E-state index in [9.17, 15) is 9.59 Å². The Morgan fingerprint density at radius 1 is 0.941 bits per heavy atom. The van der Waals surface area contributed by atoms with Crippen molar-refractivity contribution in [1.29, 1.82) is 0 Å². The van der Waals surface area contributed by atoms with Crippen molar-refractivity contribution in [1.82, 2.24) is 0 Å². The second-order valence-corrected chi connectivity index (χ2v) is 4.16. The molecule has 3 nitrogen and oxygen atoms in total. The van der Waals surface area contributed by atoms with E-state index in [1.807, 2.05) is 6.92 Å². The molecule has 17 heavy (non-hydrogen) atoms. The maximum Gasteiger partial charge on any atom is 0.305 e. The van der Waals surface area contributed by atoms with Gasteiger partial charge in [0, 0.05) is 12.8 Å². The van der Waals surface area contributed by atoms with Gasteiger partial charge in [-0.3, -0.25) is 9.59 Å². The van der Waals surface area contributed by atoms with Crippen molar-refractivity contribution in [2.75, 3.05) is 7.11 Å². The van der Waals surface area contributed by atoms with Gasteiger partial charge in [-0.25, -0.2) is 0 Å². The van der Waals surface area contributed by atoms with Crippen LogP contribution in [-0.2, 0) is 14.3 Å². The second kappa shape index (κ2) is 11.4. The number of hydrogen-bond acceptors (Lipinski definition) is 3. The second-order valence-electron chi connectivity index (χ2n) is 4.16. The van der Waals surface area contributed by atoms with E-state index in [4.69, 9.17) is 0 Å². The number of rotatable bonds is 10. The van der Waals surface area contributed by atoms with E-state index >= 15 is 0 Å². The first-order chi connectivity index (χ1) is 8.20. The van der Waals surface area contributed by atoms with E-state index in [2.05, 4.69) is 4.74 Å². The Labute approximate surface area is 104 Å². The standard InChI is InChI=1S/C14H24O3/c1-3-10-13(15)11-8-6-4-5-7-9-12-14(16)17-2/h3,10H,4-9,11-12H2,1-2H3/b10-3+. The summed E-state index contributed by atoms with van der Waals surface area (Å²) < 4.78 is 4.56. The summed E-state index contributed by atoms with van der Waals surface area (Å²) in [6, 6.07) is 0. The molecule has 0 rings (SSSR count). The summed E-state index contributed by atoms with van der Waals surface area (Å²) in [5.41, 5.74) is 0. The predicted octanol–water partition coefficient (Wildman–Crippen LogP) is 3.43. The van der Waals surface area contributed by atoms with Gasteiger partial charge in [0.05, 0.1) is 7.11 Å². The highest BCUT2D eigenvalue weighted by Crippen LogP contribution is 2.09. The van der Waals surface area contributed by atoms with Crippen molar-refractivity contribution < 1.29 is 14.3 Å². The molecule has 0 aromatic carbocycles. The lowest BCUT2D eigenvalue weighted by atomic mass is 10.1. The molecule has 0 fully saturated rings. The van der Waals surface area contributed by atoms with Crippen LogP contribution in [-0.4, -0.2) is 18.9 Å². The summed E-state index contributed by atoms with van der Waals surface area (Å²) >= 11 is 0. The van der Waals surface area contributed by atoms with Crippen LogP contribution < -0.4 is 0 Å². The molecule has 0 radical (unpaired) electrons. The van der Waals surface area contributed by atoms with Gasteiger partial charge in [0.2, 0.25) is 0 Å². The Morgan fingerprint density at radius 2 is 1.47 bits per heavy atom. The first-order valence-corrected chi connectivity index (χ1v) is 6.43. The van der Waals surface area contributed by atoms with Crippen molar-refractivity contribution in [2.24, 2.45) is 0 Å². The molecule has 0 aliphatic heterocycles. The number of methoxy groups -OCH3 is 1. The van der Waals surface area contributed by atoms with Crippen molar-refractivity contribution in [3.05, 3.63) is 12.2 Å². The Hall–Kier alpha value is -1.12. The van der Waals surface area contributed by atoms with Gasteiger partial charge < -0.3 is 4.74 Å². The van der Waals surface area contributed by atoms with Crippen molar-refractivity contribution in [2.45, 2.75) is 58.3 Å². The fourth-order valence-corrected chi connectivity index (χ4v) is 1.65. The molecule has 98 valence electrons. The van der Waals surface area contributed by atoms with Crippen LogP contribution in [0.25, 0.3) is 0 Å². The lowest BCUT2D eigenvalue weighted by Crippen LogP contribution is -1.99. The van der Waals surface area contributed by atoms with Crippen LogP contribution in [0.2, 0.25) is 0 Å².